The first-order valence-corrected chi connectivity index (χ1v) is 9.08. The Hall–Kier alpha value is -2.33. The van der Waals surface area contributed by atoms with Crippen molar-refractivity contribution >= 4 is 34.2 Å². The maximum absolute atomic E-state index is 13.5. The van der Waals surface area contributed by atoms with Crippen LogP contribution in [-0.4, -0.2) is 11.9 Å². The molecule has 2 aromatic carbocycles. The molecule has 2 heterocycles. The highest BCUT2D eigenvalue weighted by Crippen LogP contribution is 2.33. The number of nitrogens with zero attached hydrogens (tertiary/aromatic N) is 1. The van der Waals surface area contributed by atoms with E-state index in [1.807, 2.05) is 26.0 Å². The highest BCUT2D eigenvalue weighted by molar-refractivity contribution is 6.32. The Morgan fingerprint density at radius 2 is 2.15 bits per heavy atom. The van der Waals surface area contributed by atoms with Gasteiger partial charge in [0.05, 0.1) is 12.7 Å². The van der Waals surface area contributed by atoms with Gasteiger partial charge in [0.1, 0.15) is 11.4 Å². The third-order valence-corrected chi connectivity index (χ3v) is 5.53. The van der Waals surface area contributed by atoms with Crippen molar-refractivity contribution < 1.29 is 13.6 Å². The lowest BCUT2D eigenvalue weighted by Gasteiger charge is -2.35. The van der Waals surface area contributed by atoms with Gasteiger partial charge in [-0.3, -0.25) is 4.79 Å². The summed E-state index contributed by atoms with van der Waals surface area (Å²) in [4.78, 5) is 14.9. The van der Waals surface area contributed by atoms with Crippen LogP contribution in [0, 0.1) is 12.7 Å². The van der Waals surface area contributed by atoms with Crippen molar-refractivity contribution in [2.24, 2.45) is 0 Å². The summed E-state index contributed by atoms with van der Waals surface area (Å²) in [5.74, 6) is -0.291. The normalized spacial score (nSPS) is 16.8. The van der Waals surface area contributed by atoms with Gasteiger partial charge in [-0.05, 0) is 68.1 Å². The average Bonchev–Trinajstić information content (AvgIpc) is 2.97. The van der Waals surface area contributed by atoms with Crippen LogP contribution in [-0.2, 0) is 17.6 Å². The van der Waals surface area contributed by atoms with E-state index in [-0.39, 0.29) is 24.2 Å². The SMILES string of the molecule is Cc1cc2occ(CC(=O)N3c4ccc(F)cc4CCC3C)c2cc1Cl. The summed E-state index contributed by atoms with van der Waals surface area (Å²) in [5, 5.41) is 1.51. The molecule has 3 nitrogen and oxygen atoms in total. The molecule has 0 radical (unpaired) electrons. The minimum atomic E-state index is -0.267. The first-order valence-electron chi connectivity index (χ1n) is 8.70. The van der Waals surface area contributed by atoms with E-state index >= 15 is 0 Å². The first-order chi connectivity index (χ1) is 12.4. The molecule has 1 amide bonds. The third kappa shape index (κ3) is 2.88. The molecule has 1 aliphatic heterocycles. The highest BCUT2D eigenvalue weighted by Gasteiger charge is 2.29. The molecule has 0 N–H and O–H groups in total. The van der Waals surface area contributed by atoms with Gasteiger partial charge >= 0.3 is 0 Å². The van der Waals surface area contributed by atoms with E-state index in [2.05, 4.69) is 0 Å². The second-order valence-corrected chi connectivity index (χ2v) is 7.37. The molecule has 1 aromatic heterocycles. The van der Waals surface area contributed by atoms with Crippen LogP contribution in [0.25, 0.3) is 11.0 Å². The van der Waals surface area contributed by atoms with Crippen LogP contribution < -0.4 is 4.90 Å². The van der Waals surface area contributed by atoms with E-state index in [0.717, 1.165) is 46.2 Å². The number of carbonyl (C=O) groups excluding carboxylic acids is 1. The van der Waals surface area contributed by atoms with E-state index in [0.29, 0.717) is 5.02 Å². The minimum absolute atomic E-state index is 0.0237. The summed E-state index contributed by atoms with van der Waals surface area (Å²) in [5.41, 5.74) is 4.16. The molecule has 5 heteroatoms. The van der Waals surface area contributed by atoms with Gasteiger partial charge < -0.3 is 9.32 Å². The Balaban J connectivity index is 1.68. The Morgan fingerprint density at radius 3 is 2.96 bits per heavy atom. The van der Waals surface area contributed by atoms with Crippen LogP contribution in [0.1, 0.15) is 30.0 Å². The molecule has 26 heavy (non-hydrogen) atoms. The maximum atomic E-state index is 13.5. The van der Waals surface area contributed by atoms with Crippen molar-refractivity contribution in [3.8, 4) is 0 Å². The molecule has 0 aliphatic carbocycles. The van der Waals surface area contributed by atoms with Crippen molar-refractivity contribution in [3.63, 3.8) is 0 Å². The molecule has 0 saturated heterocycles. The molecule has 1 atom stereocenters. The second kappa shape index (κ2) is 6.44. The molecular formula is C21H19ClFNO2. The van der Waals surface area contributed by atoms with Gasteiger partial charge in [-0.25, -0.2) is 4.39 Å². The molecule has 3 aromatic rings. The van der Waals surface area contributed by atoms with Crippen molar-refractivity contribution in [2.45, 2.75) is 39.2 Å². The van der Waals surface area contributed by atoms with Crippen LogP contribution in [0.3, 0.4) is 0 Å². The van der Waals surface area contributed by atoms with Gasteiger partial charge in [0, 0.05) is 27.7 Å². The number of benzene rings is 2. The molecule has 1 aliphatic rings. The predicted octanol–water partition coefficient (Wildman–Crippen LogP) is 5.44. The summed E-state index contributed by atoms with van der Waals surface area (Å²) < 4.78 is 19.1. The van der Waals surface area contributed by atoms with Crippen molar-refractivity contribution in [3.05, 3.63) is 64.1 Å². The number of aryl methyl sites for hydroxylation is 2. The van der Waals surface area contributed by atoms with Gasteiger partial charge in [-0.1, -0.05) is 11.6 Å². The van der Waals surface area contributed by atoms with Crippen LogP contribution in [0.4, 0.5) is 10.1 Å². The predicted molar refractivity (Wildman–Crippen MR) is 101 cm³/mol. The zero-order valence-corrected chi connectivity index (χ0v) is 15.4. The number of amides is 1. The molecule has 4 rings (SSSR count). The lowest BCUT2D eigenvalue weighted by atomic mass is 9.95. The number of anilines is 1. The fourth-order valence-corrected chi connectivity index (χ4v) is 3.85. The standard InChI is InChI=1S/C21H19ClFNO2/c1-12-7-20-17(10-18(12)22)15(11-26-20)9-21(25)24-13(2)3-4-14-8-16(23)5-6-19(14)24/h5-8,10-11,13H,3-4,9H2,1-2H3. The Bertz CT molecular complexity index is 1010. The zero-order chi connectivity index (χ0) is 18.4. The zero-order valence-electron chi connectivity index (χ0n) is 14.7. The number of carbonyl (C=O) groups is 1. The topological polar surface area (TPSA) is 33.5 Å². The van der Waals surface area contributed by atoms with E-state index in [4.69, 9.17) is 16.0 Å². The summed E-state index contributed by atoms with van der Waals surface area (Å²) in [7, 11) is 0. The summed E-state index contributed by atoms with van der Waals surface area (Å²) in [6.07, 6.45) is 3.44. The summed E-state index contributed by atoms with van der Waals surface area (Å²) in [6.45, 7) is 3.94. The quantitative estimate of drug-likeness (QED) is 0.600. The van der Waals surface area contributed by atoms with Crippen molar-refractivity contribution in [1.29, 1.82) is 0 Å². The molecule has 0 saturated carbocycles. The van der Waals surface area contributed by atoms with E-state index in [1.165, 1.54) is 12.1 Å². The van der Waals surface area contributed by atoms with Crippen molar-refractivity contribution in [2.75, 3.05) is 4.90 Å². The largest absolute Gasteiger partial charge is 0.464 e. The van der Waals surface area contributed by atoms with Crippen LogP contribution in [0.15, 0.2) is 41.0 Å². The van der Waals surface area contributed by atoms with Crippen LogP contribution in [0.5, 0.6) is 0 Å². The van der Waals surface area contributed by atoms with Gasteiger partial charge in [0.2, 0.25) is 5.91 Å². The number of hydrogen-bond donors (Lipinski definition) is 0. The first kappa shape index (κ1) is 17.1. The highest BCUT2D eigenvalue weighted by atomic mass is 35.5. The molecule has 1 unspecified atom stereocenters. The van der Waals surface area contributed by atoms with Gasteiger partial charge in [0.25, 0.3) is 0 Å². The average molecular weight is 372 g/mol. The monoisotopic (exact) mass is 371 g/mol. The lowest BCUT2D eigenvalue weighted by Crippen LogP contribution is -2.43. The molecular weight excluding hydrogens is 353 g/mol. The molecule has 134 valence electrons. The van der Waals surface area contributed by atoms with Crippen molar-refractivity contribution in [1.82, 2.24) is 0 Å². The van der Waals surface area contributed by atoms with Gasteiger partial charge in [-0.2, -0.15) is 0 Å². The smallest absolute Gasteiger partial charge is 0.231 e. The summed E-state index contributed by atoms with van der Waals surface area (Å²) in [6, 6.07) is 8.44. The number of rotatable bonds is 2. The number of fused-ring (bicyclic) bond motifs is 2. The van der Waals surface area contributed by atoms with E-state index < -0.39 is 0 Å². The van der Waals surface area contributed by atoms with Gasteiger partial charge in [-0.15, -0.1) is 0 Å². The molecule has 0 spiro atoms. The number of furan rings is 1. The Kier molecular flexibility index (Phi) is 4.23. The lowest BCUT2D eigenvalue weighted by molar-refractivity contribution is -0.118. The number of hydrogen-bond acceptors (Lipinski definition) is 2. The maximum Gasteiger partial charge on any atom is 0.231 e. The molecule has 0 bridgehead atoms. The Morgan fingerprint density at radius 1 is 1.35 bits per heavy atom. The minimum Gasteiger partial charge on any atom is -0.464 e. The number of halogens is 2. The second-order valence-electron chi connectivity index (χ2n) is 6.96. The van der Waals surface area contributed by atoms with Crippen LogP contribution >= 0.6 is 11.6 Å². The molecule has 0 fully saturated rings. The van der Waals surface area contributed by atoms with E-state index in [9.17, 15) is 9.18 Å². The fourth-order valence-electron chi connectivity index (χ4n) is 3.69. The fraction of sp³-hybridized carbons (Fsp3) is 0.286. The summed E-state index contributed by atoms with van der Waals surface area (Å²) >= 11 is 6.23. The van der Waals surface area contributed by atoms with Gasteiger partial charge in [0.15, 0.2) is 0 Å². The van der Waals surface area contributed by atoms with E-state index in [1.54, 1.807) is 17.2 Å². The third-order valence-electron chi connectivity index (χ3n) is 5.12. The van der Waals surface area contributed by atoms with Crippen LogP contribution in [0.2, 0.25) is 5.02 Å². The Labute approximate surface area is 156 Å².